The van der Waals surface area contributed by atoms with E-state index in [-0.39, 0.29) is 6.10 Å². The minimum atomic E-state index is -0.330. The SMILES string of the molecule is CC[C@@H](O)c1ccc(N(C)C(C)C)cc1. The molecule has 1 aromatic carbocycles. The summed E-state index contributed by atoms with van der Waals surface area (Å²) in [5, 5.41) is 9.65. The standard InChI is InChI=1S/C13H21NO/c1-5-13(15)11-6-8-12(9-7-11)14(4)10(2)3/h6-10,13,15H,5H2,1-4H3/t13-/m1/s1. The molecule has 15 heavy (non-hydrogen) atoms. The molecule has 1 rings (SSSR count). The number of anilines is 1. The molecule has 0 aromatic heterocycles. The van der Waals surface area contributed by atoms with Gasteiger partial charge in [-0.2, -0.15) is 0 Å². The Bertz CT molecular complexity index is 292. The molecule has 0 aliphatic heterocycles. The normalized spacial score (nSPS) is 12.9. The Balaban J connectivity index is 2.80. The van der Waals surface area contributed by atoms with E-state index in [0.717, 1.165) is 12.0 Å². The zero-order chi connectivity index (χ0) is 11.4. The van der Waals surface area contributed by atoms with Crippen molar-refractivity contribution in [2.45, 2.75) is 39.3 Å². The largest absolute Gasteiger partial charge is 0.388 e. The van der Waals surface area contributed by atoms with Crippen molar-refractivity contribution in [1.29, 1.82) is 0 Å². The van der Waals surface area contributed by atoms with Crippen molar-refractivity contribution in [1.82, 2.24) is 0 Å². The molecule has 1 N–H and O–H groups in total. The lowest BCUT2D eigenvalue weighted by atomic mass is 10.1. The van der Waals surface area contributed by atoms with E-state index < -0.39 is 0 Å². The van der Waals surface area contributed by atoms with Crippen molar-refractivity contribution in [2.75, 3.05) is 11.9 Å². The van der Waals surface area contributed by atoms with Crippen molar-refractivity contribution in [3.8, 4) is 0 Å². The summed E-state index contributed by atoms with van der Waals surface area (Å²) in [6.45, 7) is 6.31. The molecule has 0 aliphatic rings. The topological polar surface area (TPSA) is 23.5 Å². The van der Waals surface area contributed by atoms with Crippen LogP contribution in [-0.4, -0.2) is 18.2 Å². The summed E-state index contributed by atoms with van der Waals surface area (Å²) in [4.78, 5) is 2.21. The summed E-state index contributed by atoms with van der Waals surface area (Å²) < 4.78 is 0. The number of hydrogen-bond donors (Lipinski definition) is 1. The summed E-state index contributed by atoms with van der Waals surface area (Å²) >= 11 is 0. The molecule has 2 nitrogen and oxygen atoms in total. The van der Waals surface area contributed by atoms with Crippen LogP contribution in [-0.2, 0) is 0 Å². The van der Waals surface area contributed by atoms with Crippen LogP contribution in [0.25, 0.3) is 0 Å². The number of benzene rings is 1. The summed E-state index contributed by atoms with van der Waals surface area (Å²) in [6.07, 6.45) is 0.433. The lowest BCUT2D eigenvalue weighted by Crippen LogP contribution is -2.25. The third-order valence-electron chi connectivity index (χ3n) is 2.85. The van der Waals surface area contributed by atoms with Crippen LogP contribution in [0.4, 0.5) is 5.69 Å². The van der Waals surface area contributed by atoms with E-state index in [1.54, 1.807) is 0 Å². The highest BCUT2D eigenvalue weighted by Crippen LogP contribution is 2.21. The zero-order valence-electron chi connectivity index (χ0n) is 10.1. The third-order valence-corrected chi connectivity index (χ3v) is 2.85. The molecular weight excluding hydrogens is 186 g/mol. The van der Waals surface area contributed by atoms with Gasteiger partial charge in [0.25, 0.3) is 0 Å². The monoisotopic (exact) mass is 207 g/mol. The number of aliphatic hydroxyl groups is 1. The molecule has 0 spiro atoms. The van der Waals surface area contributed by atoms with E-state index in [0.29, 0.717) is 6.04 Å². The van der Waals surface area contributed by atoms with Crippen LogP contribution in [0, 0.1) is 0 Å². The Morgan fingerprint density at radius 1 is 1.20 bits per heavy atom. The summed E-state index contributed by atoms with van der Waals surface area (Å²) in [5.74, 6) is 0. The first-order valence-electron chi connectivity index (χ1n) is 5.57. The van der Waals surface area contributed by atoms with Gasteiger partial charge in [0, 0.05) is 18.8 Å². The second-order valence-corrected chi connectivity index (χ2v) is 4.22. The lowest BCUT2D eigenvalue weighted by Gasteiger charge is -2.24. The van der Waals surface area contributed by atoms with Crippen molar-refractivity contribution < 1.29 is 5.11 Å². The summed E-state index contributed by atoms with van der Waals surface area (Å²) in [5.41, 5.74) is 2.19. The van der Waals surface area contributed by atoms with E-state index in [1.807, 2.05) is 19.1 Å². The van der Waals surface area contributed by atoms with Crippen molar-refractivity contribution in [3.63, 3.8) is 0 Å². The molecule has 0 unspecified atom stereocenters. The second-order valence-electron chi connectivity index (χ2n) is 4.22. The average molecular weight is 207 g/mol. The van der Waals surface area contributed by atoms with Crippen molar-refractivity contribution in [2.24, 2.45) is 0 Å². The molecule has 0 bridgehead atoms. The van der Waals surface area contributed by atoms with E-state index in [4.69, 9.17) is 0 Å². The van der Waals surface area contributed by atoms with Gasteiger partial charge in [0.05, 0.1) is 6.10 Å². The Morgan fingerprint density at radius 3 is 2.13 bits per heavy atom. The highest BCUT2D eigenvalue weighted by molar-refractivity contribution is 5.47. The van der Waals surface area contributed by atoms with E-state index in [2.05, 4.69) is 37.9 Å². The van der Waals surface area contributed by atoms with Gasteiger partial charge in [0.1, 0.15) is 0 Å². The molecule has 1 aromatic rings. The Labute approximate surface area is 92.5 Å². The second kappa shape index (κ2) is 5.17. The number of rotatable bonds is 4. The van der Waals surface area contributed by atoms with Gasteiger partial charge in [0.2, 0.25) is 0 Å². The van der Waals surface area contributed by atoms with Gasteiger partial charge in [-0.25, -0.2) is 0 Å². The van der Waals surface area contributed by atoms with E-state index in [9.17, 15) is 5.11 Å². The van der Waals surface area contributed by atoms with Gasteiger partial charge < -0.3 is 10.0 Å². The van der Waals surface area contributed by atoms with Crippen LogP contribution in [0.3, 0.4) is 0 Å². The Hall–Kier alpha value is -1.02. The van der Waals surface area contributed by atoms with Crippen LogP contribution in [0.2, 0.25) is 0 Å². The number of hydrogen-bond acceptors (Lipinski definition) is 2. The molecular formula is C13H21NO. The molecule has 0 amide bonds. The first-order valence-corrected chi connectivity index (χ1v) is 5.57. The first-order chi connectivity index (χ1) is 7.06. The molecule has 0 heterocycles. The maximum atomic E-state index is 9.65. The molecule has 1 atom stereocenters. The number of nitrogens with zero attached hydrogens (tertiary/aromatic N) is 1. The van der Waals surface area contributed by atoms with Crippen LogP contribution in [0.1, 0.15) is 38.9 Å². The maximum Gasteiger partial charge on any atom is 0.0787 e. The predicted octanol–water partition coefficient (Wildman–Crippen LogP) is 2.97. The fourth-order valence-corrected chi connectivity index (χ4v) is 1.47. The Morgan fingerprint density at radius 2 is 1.73 bits per heavy atom. The minimum Gasteiger partial charge on any atom is -0.388 e. The summed E-state index contributed by atoms with van der Waals surface area (Å²) in [7, 11) is 2.08. The molecule has 2 heteroatoms. The van der Waals surface area contributed by atoms with Gasteiger partial charge in [-0.3, -0.25) is 0 Å². The van der Waals surface area contributed by atoms with Gasteiger partial charge in [-0.05, 0) is 38.0 Å². The third kappa shape index (κ3) is 2.96. The van der Waals surface area contributed by atoms with E-state index in [1.165, 1.54) is 5.69 Å². The molecule has 0 saturated carbocycles. The van der Waals surface area contributed by atoms with Crippen molar-refractivity contribution in [3.05, 3.63) is 29.8 Å². The predicted molar refractivity (Wildman–Crippen MR) is 65.2 cm³/mol. The maximum absolute atomic E-state index is 9.65. The average Bonchev–Trinajstić information content (AvgIpc) is 2.27. The van der Waals surface area contributed by atoms with Crippen LogP contribution >= 0.6 is 0 Å². The van der Waals surface area contributed by atoms with Gasteiger partial charge in [0.15, 0.2) is 0 Å². The van der Waals surface area contributed by atoms with Gasteiger partial charge >= 0.3 is 0 Å². The highest BCUT2D eigenvalue weighted by atomic mass is 16.3. The fraction of sp³-hybridized carbons (Fsp3) is 0.538. The zero-order valence-corrected chi connectivity index (χ0v) is 10.1. The van der Waals surface area contributed by atoms with Crippen LogP contribution in [0.5, 0.6) is 0 Å². The quantitative estimate of drug-likeness (QED) is 0.820. The van der Waals surface area contributed by atoms with Gasteiger partial charge in [-0.1, -0.05) is 19.1 Å². The van der Waals surface area contributed by atoms with Crippen LogP contribution < -0.4 is 4.90 Å². The van der Waals surface area contributed by atoms with Crippen molar-refractivity contribution >= 4 is 5.69 Å². The Kier molecular flexibility index (Phi) is 4.15. The summed E-state index contributed by atoms with van der Waals surface area (Å²) in [6, 6.07) is 8.62. The molecule has 0 aliphatic carbocycles. The highest BCUT2D eigenvalue weighted by Gasteiger charge is 2.07. The molecule has 0 fully saturated rings. The number of aliphatic hydroxyl groups excluding tert-OH is 1. The smallest absolute Gasteiger partial charge is 0.0787 e. The first kappa shape index (κ1) is 12.1. The molecule has 0 saturated heterocycles. The molecule has 84 valence electrons. The molecule has 0 radical (unpaired) electrons. The lowest BCUT2D eigenvalue weighted by molar-refractivity contribution is 0.173. The van der Waals surface area contributed by atoms with Crippen LogP contribution in [0.15, 0.2) is 24.3 Å². The minimum absolute atomic E-state index is 0.330. The fourth-order valence-electron chi connectivity index (χ4n) is 1.47. The van der Waals surface area contributed by atoms with E-state index >= 15 is 0 Å². The van der Waals surface area contributed by atoms with Gasteiger partial charge in [-0.15, -0.1) is 0 Å².